The van der Waals surface area contributed by atoms with Crippen LogP contribution in [0.5, 0.6) is 0 Å². The highest BCUT2D eigenvalue weighted by atomic mass is 31.2. The summed E-state index contributed by atoms with van der Waals surface area (Å²) < 4.78 is 24.6. The summed E-state index contributed by atoms with van der Waals surface area (Å²) >= 11 is 0. The molecule has 1 fully saturated rings. The first-order valence-corrected chi connectivity index (χ1v) is 10.5. The standard InChI is InChI=1S/C21H24NO4P/c1-21(2)15-25-27(24,26-16-21)19(14-13-17-9-5-3-6-10-17)22-20(23)18-11-7-4-8-12-18/h3-14,19H,15-16H2,1-2H3,(H,22,23)/b14-13+. The molecule has 1 amide bonds. The Bertz CT molecular complexity index is 835. The Balaban J connectivity index is 1.83. The molecule has 5 nitrogen and oxygen atoms in total. The lowest BCUT2D eigenvalue weighted by Gasteiger charge is -2.36. The number of carbonyl (C=O) groups is 1. The Morgan fingerprint density at radius 2 is 1.59 bits per heavy atom. The lowest BCUT2D eigenvalue weighted by molar-refractivity contribution is 0.0380. The molecular formula is C21H24NO4P. The summed E-state index contributed by atoms with van der Waals surface area (Å²) in [5.74, 6) is -1.20. The highest BCUT2D eigenvalue weighted by Gasteiger charge is 2.42. The maximum Gasteiger partial charge on any atom is 0.356 e. The monoisotopic (exact) mass is 385 g/mol. The van der Waals surface area contributed by atoms with Gasteiger partial charge in [-0.1, -0.05) is 68.5 Å². The van der Waals surface area contributed by atoms with Crippen LogP contribution in [0.25, 0.3) is 6.08 Å². The van der Waals surface area contributed by atoms with Gasteiger partial charge in [0.25, 0.3) is 5.91 Å². The molecule has 0 bridgehead atoms. The van der Waals surface area contributed by atoms with E-state index in [0.29, 0.717) is 18.8 Å². The number of benzene rings is 2. The van der Waals surface area contributed by atoms with Gasteiger partial charge >= 0.3 is 7.60 Å². The van der Waals surface area contributed by atoms with E-state index >= 15 is 0 Å². The smallest absolute Gasteiger partial charge is 0.335 e. The molecule has 0 radical (unpaired) electrons. The predicted octanol–water partition coefficient (Wildman–Crippen LogP) is 4.72. The molecule has 0 aliphatic carbocycles. The Kier molecular flexibility index (Phi) is 5.95. The maximum absolute atomic E-state index is 13.3. The van der Waals surface area contributed by atoms with E-state index in [2.05, 4.69) is 5.32 Å². The summed E-state index contributed by atoms with van der Waals surface area (Å²) in [6.45, 7) is 4.57. The second-order valence-electron chi connectivity index (χ2n) is 7.31. The molecule has 0 spiro atoms. The van der Waals surface area contributed by atoms with Crippen LogP contribution in [0.1, 0.15) is 29.8 Å². The molecule has 1 heterocycles. The molecule has 2 aromatic carbocycles. The number of rotatable bonds is 5. The summed E-state index contributed by atoms with van der Waals surface area (Å²) in [6.07, 6.45) is 3.48. The van der Waals surface area contributed by atoms with Gasteiger partial charge in [0, 0.05) is 11.0 Å². The van der Waals surface area contributed by atoms with Crippen LogP contribution >= 0.6 is 7.60 Å². The van der Waals surface area contributed by atoms with Crippen LogP contribution in [0, 0.1) is 5.41 Å². The number of hydrogen-bond acceptors (Lipinski definition) is 4. The minimum absolute atomic E-state index is 0.217. The highest BCUT2D eigenvalue weighted by Crippen LogP contribution is 2.57. The van der Waals surface area contributed by atoms with Crippen LogP contribution in [0.3, 0.4) is 0 Å². The van der Waals surface area contributed by atoms with Gasteiger partial charge in [0.2, 0.25) is 0 Å². The Hall–Kier alpha value is -2.20. The molecule has 1 unspecified atom stereocenters. The van der Waals surface area contributed by atoms with Crippen LogP contribution in [0.4, 0.5) is 0 Å². The van der Waals surface area contributed by atoms with Crippen molar-refractivity contribution in [1.82, 2.24) is 5.32 Å². The van der Waals surface area contributed by atoms with Crippen molar-refractivity contribution in [3.8, 4) is 0 Å². The summed E-state index contributed by atoms with van der Waals surface area (Å²) in [6, 6.07) is 18.4. The van der Waals surface area contributed by atoms with Gasteiger partial charge in [-0.2, -0.15) is 0 Å². The van der Waals surface area contributed by atoms with Crippen LogP contribution in [0.2, 0.25) is 0 Å². The van der Waals surface area contributed by atoms with E-state index in [1.54, 1.807) is 30.3 Å². The molecule has 2 aromatic rings. The second-order valence-corrected chi connectivity index (χ2v) is 9.46. The Morgan fingerprint density at radius 1 is 1.04 bits per heavy atom. The molecular weight excluding hydrogens is 361 g/mol. The van der Waals surface area contributed by atoms with Crippen molar-refractivity contribution in [1.29, 1.82) is 0 Å². The highest BCUT2D eigenvalue weighted by molar-refractivity contribution is 7.54. The summed E-state index contributed by atoms with van der Waals surface area (Å²) in [7, 11) is -3.53. The van der Waals surface area contributed by atoms with E-state index in [-0.39, 0.29) is 11.3 Å². The quantitative estimate of drug-likeness (QED) is 0.757. The van der Waals surface area contributed by atoms with E-state index < -0.39 is 13.4 Å². The zero-order valence-corrected chi connectivity index (χ0v) is 16.4. The Morgan fingerprint density at radius 3 is 2.19 bits per heavy atom. The zero-order chi connectivity index (χ0) is 19.3. The molecule has 6 heteroatoms. The van der Waals surface area contributed by atoms with Crippen molar-refractivity contribution in [2.24, 2.45) is 5.41 Å². The maximum atomic E-state index is 13.3. The minimum atomic E-state index is -3.53. The fraction of sp³-hybridized carbons (Fsp3) is 0.286. The normalized spacial score (nSPS) is 19.5. The Labute approximate surface area is 159 Å². The number of amides is 1. The van der Waals surface area contributed by atoms with Crippen molar-refractivity contribution in [2.45, 2.75) is 19.6 Å². The largest absolute Gasteiger partial charge is 0.356 e. The van der Waals surface area contributed by atoms with E-state index in [9.17, 15) is 9.36 Å². The van der Waals surface area contributed by atoms with Gasteiger partial charge < -0.3 is 14.4 Å². The van der Waals surface area contributed by atoms with Gasteiger partial charge in [-0.15, -0.1) is 0 Å². The average Bonchev–Trinajstić information content (AvgIpc) is 2.69. The van der Waals surface area contributed by atoms with E-state index in [1.807, 2.05) is 56.3 Å². The molecule has 1 atom stereocenters. The van der Waals surface area contributed by atoms with Crippen molar-refractivity contribution < 1.29 is 18.4 Å². The molecule has 27 heavy (non-hydrogen) atoms. The van der Waals surface area contributed by atoms with E-state index in [0.717, 1.165) is 5.56 Å². The summed E-state index contributed by atoms with van der Waals surface area (Å²) in [4.78, 5) is 12.6. The molecule has 0 saturated carbocycles. The van der Waals surface area contributed by atoms with E-state index in [1.165, 1.54) is 0 Å². The average molecular weight is 385 g/mol. The molecule has 1 saturated heterocycles. The van der Waals surface area contributed by atoms with E-state index in [4.69, 9.17) is 9.05 Å². The fourth-order valence-corrected chi connectivity index (χ4v) is 4.60. The van der Waals surface area contributed by atoms with Crippen molar-refractivity contribution in [3.05, 3.63) is 77.9 Å². The molecule has 0 aromatic heterocycles. The first-order chi connectivity index (χ1) is 12.9. The van der Waals surface area contributed by atoms with Crippen molar-refractivity contribution >= 4 is 19.6 Å². The SMILES string of the molecule is CC1(C)COP(=O)(C(/C=C/c2ccccc2)NC(=O)c2ccccc2)OC1. The molecule has 1 N–H and O–H groups in total. The van der Waals surface area contributed by atoms with Gasteiger partial charge in [0.05, 0.1) is 13.2 Å². The summed E-state index contributed by atoms with van der Waals surface area (Å²) in [5.41, 5.74) is 1.20. The van der Waals surface area contributed by atoms with Gasteiger partial charge in [0.1, 0.15) is 0 Å². The van der Waals surface area contributed by atoms with Crippen LogP contribution in [-0.2, 0) is 13.6 Å². The van der Waals surface area contributed by atoms with Gasteiger partial charge in [-0.25, -0.2) is 0 Å². The molecule has 1 aliphatic heterocycles. The van der Waals surface area contributed by atoms with Crippen LogP contribution in [-0.4, -0.2) is 24.9 Å². The third-order valence-electron chi connectivity index (χ3n) is 4.20. The molecule has 3 rings (SSSR count). The number of hydrogen-bond donors (Lipinski definition) is 1. The van der Waals surface area contributed by atoms with Gasteiger partial charge in [0.15, 0.2) is 5.78 Å². The lowest BCUT2D eigenvalue weighted by atomic mass is 9.97. The molecule has 1 aliphatic rings. The number of carbonyl (C=O) groups excluding carboxylic acids is 1. The predicted molar refractivity (Wildman–Crippen MR) is 106 cm³/mol. The molecule has 142 valence electrons. The zero-order valence-electron chi connectivity index (χ0n) is 15.5. The van der Waals surface area contributed by atoms with Gasteiger partial charge in [-0.05, 0) is 23.8 Å². The van der Waals surface area contributed by atoms with Crippen molar-refractivity contribution in [2.75, 3.05) is 13.2 Å². The lowest BCUT2D eigenvalue weighted by Crippen LogP contribution is -2.39. The third-order valence-corrected chi connectivity index (χ3v) is 6.16. The van der Waals surface area contributed by atoms with Gasteiger partial charge in [-0.3, -0.25) is 9.36 Å². The minimum Gasteiger partial charge on any atom is -0.335 e. The fourth-order valence-electron chi connectivity index (χ4n) is 2.58. The van der Waals surface area contributed by atoms with Crippen LogP contribution < -0.4 is 5.32 Å². The first kappa shape index (κ1) is 19.6. The first-order valence-electron chi connectivity index (χ1n) is 8.86. The van der Waals surface area contributed by atoms with Crippen molar-refractivity contribution in [3.63, 3.8) is 0 Å². The third kappa shape index (κ3) is 5.16. The summed E-state index contributed by atoms with van der Waals surface area (Å²) in [5, 5.41) is 2.80. The second kappa shape index (κ2) is 8.22. The number of nitrogens with one attached hydrogen (secondary N) is 1. The topological polar surface area (TPSA) is 64.6 Å². The van der Waals surface area contributed by atoms with Crippen LogP contribution in [0.15, 0.2) is 66.7 Å².